The van der Waals surface area contributed by atoms with Crippen LogP contribution in [0.25, 0.3) is 0 Å². The van der Waals surface area contributed by atoms with E-state index in [9.17, 15) is 24.5 Å². The molecule has 2 fully saturated rings. The molecule has 1 unspecified atom stereocenters. The number of nitrogens with zero attached hydrogens (tertiary/aromatic N) is 3. The molecule has 1 aliphatic heterocycles. The maximum atomic E-state index is 12.6. The summed E-state index contributed by atoms with van der Waals surface area (Å²) < 4.78 is 0. The number of nitrogens with one attached hydrogen (secondary N) is 1. The molecule has 9 heteroatoms. The third kappa shape index (κ3) is 4.42. The number of carbonyl (C=O) groups excluding carboxylic acids is 3. The number of carbonyl (C=O) groups is 3. The van der Waals surface area contributed by atoms with Crippen molar-refractivity contribution in [3.63, 3.8) is 0 Å². The zero-order chi connectivity index (χ0) is 19.6. The lowest BCUT2D eigenvalue weighted by Gasteiger charge is -2.36. The molecule has 1 saturated carbocycles. The SMILES string of the molecule is CC(NC(=O)c1cccc([N+](=O)[O-])c1)C(=O)N1CCN(C(=O)C2CC2)CC1. The predicted octanol–water partition coefficient (Wildman–Crippen LogP) is 0.794. The monoisotopic (exact) mass is 374 g/mol. The average molecular weight is 374 g/mol. The summed E-state index contributed by atoms with van der Waals surface area (Å²) in [6.07, 6.45) is 1.91. The van der Waals surface area contributed by atoms with Gasteiger partial charge in [0.05, 0.1) is 4.92 Å². The first kappa shape index (κ1) is 18.8. The lowest BCUT2D eigenvalue weighted by Crippen LogP contribution is -2.55. The summed E-state index contributed by atoms with van der Waals surface area (Å²) >= 11 is 0. The Morgan fingerprint density at radius 2 is 1.78 bits per heavy atom. The Kier molecular flexibility index (Phi) is 5.38. The fourth-order valence-electron chi connectivity index (χ4n) is 3.11. The summed E-state index contributed by atoms with van der Waals surface area (Å²) in [5.41, 5.74) is -0.0539. The Bertz CT molecular complexity index is 769. The van der Waals surface area contributed by atoms with Gasteiger partial charge in [-0.15, -0.1) is 0 Å². The van der Waals surface area contributed by atoms with Gasteiger partial charge >= 0.3 is 0 Å². The van der Waals surface area contributed by atoms with Crippen LogP contribution in [0.15, 0.2) is 24.3 Å². The number of hydrogen-bond donors (Lipinski definition) is 1. The molecule has 1 aromatic carbocycles. The van der Waals surface area contributed by atoms with Gasteiger partial charge in [-0.1, -0.05) is 6.07 Å². The highest BCUT2D eigenvalue weighted by Crippen LogP contribution is 2.31. The van der Waals surface area contributed by atoms with Gasteiger partial charge in [0, 0.05) is 49.8 Å². The Hall–Kier alpha value is -2.97. The average Bonchev–Trinajstić information content (AvgIpc) is 3.52. The maximum Gasteiger partial charge on any atom is 0.270 e. The quantitative estimate of drug-likeness (QED) is 0.605. The smallest absolute Gasteiger partial charge is 0.270 e. The molecular weight excluding hydrogens is 352 g/mol. The van der Waals surface area contributed by atoms with Crippen molar-refractivity contribution in [1.29, 1.82) is 0 Å². The van der Waals surface area contributed by atoms with Crippen LogP contribution in [0.4, 0.5) is 5.69 Å². The molecule has 1 N–H and O–H groups in total. The number of nitro groups is 1. The van der Waals surface area contributed by atoms with E-state index < -0.39 is 16.9 Å². The number of non-ortho nitro benzene ring substituents is 1. The summed E-state index contributed by atoms with van der Waals surface area (Å²) in [4.78, 5) is 50.6. The van der Waals surface area contributed by atoms with Crippen LogP contribution in [0.2, 0.25) is 0 Å². The van der Waals surface area contributed by atoms with Crippen molar-refractivity contribution in [2.45, 2.75) is 25.8 Å². The second-order valence-corrected chi connectivity index (χ2v) is 6.93. The van der Waals surface area contributed by atoms with E-state index in [4.69, 9.17) is 0 Å². The van der Waals surface area contributed by atoms with Crippen LogP contribution in [0.3, 0.4) is 0 Å². The van der Waals surface area contributed by atoms with Crippen molar-refractivity contribution in [2.24, 2.45) is 5.92 Å². The van der Waals surface area contributed by atoms with E-state index in [1.807, 2.05) is 0 Å². The molecule has 2 aliphatic rings. The minimum Gasteiger partial charge on any atom is -0.341 e. The fourth-order valence-corrected chi connectivity index (χ4v) is 3.11. The maximum absolute atomic E-state index is 12.6. The lowest BCUT2D eigenvalue weighted by molar-refractivity contribution is -0.384. The lowest BCUT2D eigenvalue weighted by atomic mass is 10.1. The van der Waals surface area contributed by atoms with Gasteiger partial charge in [-0.05, 0) is 25.8 Å². The Morgan fingerprint density at radius 1 is 1.15 bits per heavy atom. The van der Waals surface area contributed by atoms with Gasteiger partial charge in [-0.25, -0.2) is 0 Å². The molecular formula is C18H22N4O5. The zero-order valence-electron chi connectivity index (χ0n) is 15.1. The molecule has 0 spiro atoms. The molecule has 144 valence electrons. The summed E-state index contributed by atoms with van der Waals surface area (Å²) in [7, 11) is 0. The third-order valence-corrected chi connectivity index (χ3v) is 4.87. The van der Waals surface area contributed by atoms with E-state index in [1.165, 1.54) is 24.3 Å². The Labute approximate surface area is 156 Å². The normalized spacial score (nSPS) is 18.0. The molecule has 0 bridgehead atoms. The van der Waals surface area contributed by atoms with Crippen molar-refractivity contribution >= 4 is 23.4 Å². The highest BCUT2D eigenvalue weighted by atomic mass is 16.6. The first-order valence-corrected chi connectivity index (χ1v) is 8.99. The van der Waals surface area contributed by atoms with E-state index in [0.29, 0.717) is 26.2 Å². The summed E-state index contributed by atoms with van der Waals surface area (Å²) in [6, 6.07) is 4.60. The number of amides is 3. The molecule has 0 aromatic heterocycles. The van der Waals surface area contributed by atoms with Gasteiger partial charge in [0.2, 0.25) is 11.8 Å². The number of rotatable bonds is 5. The van der Waals surface area contributed by atoms with Gasteiger partial charge in [0.15, 0.2) is 0 Å². The van der Waals surface area contributed by atoms with Gasteiger partial charge in [-0.2, -0.15) is 0 Å². The van der Waals surface area contributed by atoms with Crippen LogP contribution in [0, 0.1) is 16.0 Å². The molecule has 9 nitrogen and oxygen atoms in total. The fraction of sp³-hybridized carbons (Fsp3) is 0.500. The third-order valence-electron chi connectivity index (χ3n) is 4.87. The van der Waals surface area contributed by atoms with E-state index in [0.717, 1.165) is 12.8 Å². The van der Waals surface area contributed by atoms with E-state index in [2.05, 4.69) is 5.32 Å². The molecule has 1 atom stereocenters. The second-order valence-electron chi connectivity index (χ2n) is 6.93. The minimum absolute atomic E-state index is 0.128. The highest BCUT2D eigenvalue weighted by molar-refractivity contribution is 5.97. The van der Waals surface area contributed by atoms with Crippen LogP contribution in [-0.4, -0.2) is 64.7 Å². The van der Waals surface area contributed by atoms with Crippen molar-refractivity contribution in [3.8, 4) is 0 Å². The highest BCUT2D eigenvalue weighted by Gasteiger charge is 2.35. The molecule has 1 aliphatic carbocycles. The van der Waals surface area contributed by atoms with Crippen molar-refractivity contribution in [1.82, 2.24) is 15.1 Å². The first-order chi connectivity index (χ1) is 12.9. The molecule has 3 amide bonds. The molecule has 1 heterocycles. The largest absolute Gasteiger partial charge is 0.341 e. The topological polar surface area (TPSA) is 113 Å². The van der Waals surface area contributed by atoms with Gasteiger partial charge in [-0.3, -0.25) is 24.5 Å². The van der Waals surface area contributed by atoms with Gasteiger partial charge < -0.3 is 15.1 Å². The number of benzene rings is 1. The molecule has 27 heavy (non-hydrogen) atoms. The number of hydrogen-bond acceptors (Lipinski definition) is 5. The van der Waals surface area contributed by atoms with Crippen LogP contribution < -0.4 is 5.32 Å². The van der Waals surface area contributed by atoms with Crippen LogP contribution >= 0.6 is 0 Å². The standard InChI is InChI=1S/C18H22N4O5/c1-12(19-16(23)14-3-2-4-15(11-14)22(26)27)17(24)20-7-9-21(10-8-20)18(25)13-5-6-13/h2-4,11-13H,5-10H2,1H3,(H,19,23). The van der Waals surface area contributed by atoms with Gasteiger partial charge in [0.1, 0.15) is 6.04 Å². The summed E-state index contributed by atoms with van der Waals surface area (Å²) in [5.74, 6) is -0.427. The number of nitro benzene ring substituents is 1. The van der Waals surface area contributed by atoms with E-state index >= 15 is 0 Å². The summed E-state index contributed by atoms with van der Waals surface area (Å²) in [5, 5.41) is 13.4. The van der Waals surface area contributed by atoms with Crippen molar-refractivity contribution in [3.05, 3.63) is 39.9 Å². The zero-order valence-corrected chi connectivity index (χ0v) is 15.1. The molecule has 1 saturated heterocycles. The van der Waals surface area contributed by atoms with Gasteiger partial charge in [0.25, 0.3) is 11.6 Å². The predicted molar refractivity (Wildman–Crippen MR) is 95.9 cm³/mol. The molecule has 1 aromatic rings. The van der Waals surface area contributed by atoms with Crippen LogP contribution in [0.1, 0.15) is 30.1 Å². The molecule has 0 radical (unpaired) electrons. The van der Waals surface area contributed by atoms with Crippen LogP contribution in [-0.2, 0) is 9.59 Å². The Balaban J connectivity index is 1.53. The minimum atomic E-state index is -0.762. The Morgan fingerprint density at radius 3 is 2.37 bits per heavy atom. The summed E-state index contributed by atoms with van der Waals surface area (Å²) in [6.45, 7) is 3.47. The number of piperazine rings is 1. The van der Waals surface area contributed by atoms with Crippen molar-refractivity contribution < 1.29 is 19.3 Å². The van der Waals surface area contributed by atoms with Crippen molar-refractivity contribution in [2.75, 3.05) is 26.2 Å². The van der Waals surface area contributed by atoms with E-state index in [-0.39, 0.29) is 29.0 Å². The van der Waals surface area contributed by atoms with Crippen LogP contribution in [0.5, 0.6) is 0 Å². The molecule has 3 rings (SSSR count). The second kappa shape index (κ2) is 7.73. The van der Waals surface area contributed by atoms with E-state index in [1.54, 1.807) is 16.7 Å². The first-order valence-electron chi connectivity index (χ1n) is 8.99.